The van der Waals surface area contributed by atoms with Crippen LogP contribution >= 0.6 is 0 Å². The van der Waals surface area contributed by atoms with E-state index in [1.807, 2.05) is 0 Å². The lowest BCUT2D eigenvalue weighted by atomic mass is 10.1. The number of benzene rings is 2. The Morgan fingerprint density at radius 3 is 2.75 bits per heavy atom. The normalized spacial score (nSPS) is 24.8. The van der Waals surface area contributed by atoms with Crippen LogP contribution in [0.3, 0.4) is 0 Å². The number of rotatable bonds is 7. The van der Waals surface area contributed by atoms with E-state index in [1.54, 1.807) is 18.2 Å². The Labute approximate surface area is 201 Å². The Morgan fingerprint density at radius 2 is 2.00 bits per heavy atom. The van der Waals surface area contributed by atoms with E-state index in [0.29, 0.717) is 0 Å². The van der Waals surface area contributed by atoms with Gasteiger partial charge in [0, 0.05) is 6.07 Å². The average Bonchev–Trinajstić information content (AvgIpc) is 3.55. The molecule has 1 N–H and O–H groups in total. The fourth-order valence-corrected chi connectivity index (χ4v) is 3.83. The third kappa shape index (κ3) is 4.39. The highest BCUT2D eigenvalue weighted by Gasteiger charge is 2.59. The summed E-state index contributed by atoms with van der Waals surface area (Å²) in [5.74, 6) is -2.58. The maximum atomic E-state index is 13.6. The lowest BCUT2D eigenvalue weighted by Gasteiger charge is -2.18. The minimum atomic E-state index is -1.39. The van der Waals surface area contributed by atoms with Gasteiger partial charge in [-0.2, -0.15) is 4.39 Å². The summed E-state index contributed by atoms with van der Waals surface area (Å²) in [6, 6.07) is 11.3. The number of nitrogens with zero attached hydrogens (tertiary/aromatic N) is 4. The first-order valence-electron chi connectivity index (χ1n) is 10.6. The minimum absolute atomic E-state index is 0.198. The van der Waals surface area contributed by atoms with Crippen LogP contribution in [0.5, 0.6) is 0 Å². The van der Waals surface area contributed by atoms with Crippen LogP contribution in [0.1, 0.15) is 16.1 Å². The van der Waals surface area contributed by atoms with Gasteiger partial charge in [0.15, 0.2) is 12.4 Å². The van der Waals surface area contributed by atoms with Crippen molar-refractivity contribution < 1.29 is 43.0 Å². The zero-order valence-electron chi connectivity index (χ0n) is 18.2. The number of aliphatic hydroxyl groups excluding tert-OH is 1. The number of nitro benzene ring substituents is 1. The highest BCUT2D eigenvalue weighted by molar-refractivity contribution is 5.92. The Kier molecular flexibility index (Phi) is 6.13. The second kappa shape index (κ2) is 9.41. The smallest absolute Gasteiger partial charge is 0.350 e. The molecule has 0 saturated carbocycles. The van der Waals surface area contributed by atoms with Gasteiger partial charge in [-0.25, -0.2) is 14.3 Å². The molecule has 2 aliphatic rings. The third-order valence-electron chi connectivity index (χ3n) is 5.58. The number of carbonyl (C=O) groups is 2. The molecule has 0 radical (unpaired) electrons. The van der Waals surface area contributed by atoms with Crippen LogP contribution in [-0.4, -0.2) is 67.7 Å². The average molecular weight is 500 g/mol. The van der Waals surface area contributed by atoms with Gasteiger partial charge < -0.3 is 24.1 Å². The van der Waals surface area contributed by atoms with Crippen LogP contribution in [0.25, 0.3) is 5.69 Å². The molecule has 36 heavy (non-hydrogen) atoms. The van der Waals surface area contributed by atoms with Crippen molar-refractivity contribution in [3.05, 3.63) is 81.9 Å². The van der Waals surface area contributed by atoms with Crippen LogP contribution in [0.4, 0.5) is 10.1 Å². The summed E-state index contributed by atoms with van der Waals surface area (Å²) in [4.78, 5) is 34.6. The van der Waals surface area contributed by atoms with Crippen molar-refractivity contribution in [3.63, 3.8) is 0 Å². The standard InChI is InChI=1S/C22H17FN4O9/c23-14-7-6-13(8-15(14)27(31)32)26-9-12(24-25-26)10-33-22-16(28)17-18(36-22)19(21(30)34-17)35-20(29)11-4-2-1-3-5-11/h1-9,16-19,22,28H,10H2/t16-,17-,18+,19+,22-/m0/s1. The molecule has 2 aliphatic heterocycles. The van der Waals surface area contributed by atoms with E-state index < -0.39 is 59.1 Å². The maximum absolute atomic E-state index is 13.6. The zero-order valence-corrected chi connectivity index (χ0v) is 18.2. The van der Waals surface area contributed by atoms with E-state index in [4.69, 9.17) is 18.9 Å². The molecule has 2 aromatic carbocycles. The summed E-state index contributed by atoms with van der Waals surface area (Å²) in [6.07, 6.45) is -4.78. The Morgan fingerprint density at radius 1 is 1.22 bits per heavy atom. The van der Waals surface area contributed by atoms with Gasteiger partial charge >= 0.3 is 17.6 Å². The summed E-state index contributed by atoms with van der Waals surface area (Å²) in [7, 11) is 0. The summed E-state index contributed by atoms with van der Waals surface area (Å²) in [6.45, 7) is -0.202. The maximum Gasteiger partial charge on any atom is 0.350 e. The van der Waals surface area contributed by atoms with E-state index in [1.165, 1.54) is 29.1 Å². The summed E-state index contributed by atoms with van der Waals surface area (Å²) in [5.41, 5.74) is -0.0241. The number of carbonyl (C=O) groups excluding carboxylic acids is 2. The van der Waals surface area contributed by atoms with Gasteiger partial charge in [0.25, 0.3) is 0 Å². The fraction of sp³-hybridized carbons (Fsp3) is 0.273. The summed E-state index contributed by atoms with van der Waals surface area (Å²) < 4.78 is 36.3. The number of esters is 2. The molecule has 3 heterocycles. The molecule has 0 unspecified atom stereocenters. The number of aromatic nitrogens is 3. The molecular weight excluding hydrogens is 483 g/mol. The number of halogens is 1. The van der Waals surface area contributed by atoms with E-state index in [2.05, 4.69) is 10.3 Å². The lowest BCUT2D eigenvalue weighted by Crippen LogP contribution is -2.35. The van der Waals surface area contributed by atoms with Crippen LogP contribution in [-0.2, 0) is 30.3 Å². The molecule has 5 atom stereocenters. The Hall–Kier alpha value is -4.27. The number of hydrogen-bond donors (Lipinski definition) is 1. The zero-order chi connectivity index (χ0) is 25.4. The molecule has 186 valence electrons. The first-order chi connectivity index (χ1) is 17.3. The largest absolute Gasteiger partial charge is 0.454 e. The molecule has 2 fully saturated rings. The first-order valence-corrected chi connectivity index (χ1v) is 10.6. The van der Waals surface area contributed by atoms with Gasteiger partial charge in [0.1, 0.15) is 17.9 Å². The van der Waals surface area contributed by atoms with Crippen molar-refractivity contribution >= 4 is 17.6 Å². The van der Waals surface area contributed by atoms with E-state index in [-0.39, 0.29) is 23.6 Å². The SMILES string of the molecule is O=C(O[C@H]1C(=O)O[C@H]2[C@H](O)[C@@H](OCc3cn(-c4ccc(F)c([N+](=O)[O-])c4)nn3)O[C@H]21)c1ccccc1. The Balaban J connectivity index is 1.22. The highest BCUT2D eigenvalue weighted by Crippen LogP contribution is 2.34. The van der Waals surface area contributed by atoms with Gasteiger partial charge in [-0.15, -0.1) is 5.10 Å². The van der Waals surface area contributed by atoms with Crippen molar-refractivity contribution in [2.24, 2.45) is 0 Å². The predicted molar refractivity (Wildman–Crippen MR) is 113 cm³/mol. The number of fused-ring (bicyclic) bond motifs is 1. The van der Waals surface area contributed by atoms with Gasteiger partial charge in [-0.3, -0.25) is 10.1 Å². The quantitative estimate of drug-likeness (QED) is 0.280. The topological polar surface area (TPSA) is 165 Å². The number of ether oxygens (including phenoxy) is 4. The van der Waals surface area contributed by atoms with Gasteiger partial charge in [-0.05, 0) is 24.3 Å². The predicted octanol–water partition coefficient (Wildman–Crippen LogP) is 1.07. The summed E-state index contributed by atoms with van der Waals surface area (Å²) >= 11 is 0. The van der Waals surface area contributed by atoms with Gasteiger partial charge in [-0.1, -0.05) is 23.4 Å². The molecule has 0 aliphatic carbocycles. The minimum Gasteiger partial charge on any atom is -0.454 e. The third-order valence-corrected chi connectivity index (χ3v) is 5.58. The second-order valence-electron chi connectivity index (χ2n) is 7.91. The molecule has 0 bridgehead atoms. The van der Waals surface area contributed by atoms with Crippen LogP contribution in [0.2, 0.25) is 0 Å². The molecule has 2 saturated heterocycles. The van der Waals surface area contributed by atoms with Crippen LogP contribution in [0, 0.1) is 15.9 Å². The molecule has 0 amide bonds. The molecular formula is C22H17FN4O9. The van der Waals surface area contributed by atoms with Crippen molar-refractivity contribution in [2.75, 3.05) is 0 Å². The first kappa shape index (κ1) is 23.5. The van der Waals surface area contributed by atoms with Crippen molar-refractivity contribution in [1.29, 1.82) is 0 Å². The molecule has 14 heteroatoms. The molecule has 1 aromatic heterocycles. The van der Waals surface area contributed by atoms with Gasteiger partial charge in [0.05, 0.1) is 29.0 Å². The number of hydrogen-bond acceptors (Lipinski definition) is 11. The van der Waals surface area contributed by atoms with E-state index in [0.717, 1.165) is 12.1 Å². The monoisotopic (exact) mass is 500 g/mol. The fourth-order valence-electron chi connectivity index (χ4n) is 3.83. The molecule has 3 aromatic rings. The molecule has 13 nitrogen and oxygen atoms in total. The van der Waals surface area contributed by atoms with Crippen LogP contribution in [0.15, 0.2) is 54.7 Å². The molecule has 5 rings (SSSR count). The number of nitro groups is 1. The van der Waals surface area contributed by atoms with Crippen molar-refractivity contribution in [2.45, 2.75) is 37.3 Å². The number of aliphatic hydroxyl groups is 1. The van der Waals surface area contributed by atoms with E-state index in [9.17, 15) is 29.2 Å². The van der Waals surface area contributed by atoms with Crippen molar-refractivity contribution in [1.82, 2.24) is 15.0 Å². The summed E-state index contributed by atoms with van der Waals surface area (Å²) in [5, 5.41) is 29.2. The van der Waals surface area contributed by atoms with Crippen LogP contribution < -0.4 is 0 Å². The second-order valence-corrected chi connectivity index (χ2v) is 7.91. The van der Waals surface area contributed by atoms with Crippen molar-refractivity contribution in [3.8, 4) is 5.69 Å². The van der Waals surface area contributed by atoms with E-state index >= 15 is 0 Å². The highest BCUT2D eigenvalue weighted by atomic mass is 19.1. The van der Waals surface area contributed by atoms with Gasteiger partial charge in [0.2, 0.25) is 11.9 Å². The molecule has 0 spiro atoms. The lowest BCUT2D eigenvalue weighted by molar-refractivity contribution is -0.387. The Bertz CT molecular complexity index is 1320.